The molecule has 0 aliphatic heterocycles. The van der Waals surface area contributed by atoms with E-state index in [1.165, 1.54) is 12.1 Å². The summed E-state index contributed by atoms with van der Waals surface area (Å²) in [6, 6.07) is 10.1. The highest BCUT2D eigenvalue weighted by Gasteiger charge is 2.04. The van der Waals surface area contributed by atoms with Gasteiger partial charge in [0.2, 0.25) is 0 Å². The Balaban J connectivity index is 2.03. The fourth-order valence-electron chi connectivity index (χ4n) is 1.63. The van der Waals surface area contributed by atoms with Crippen molar-refractivity contribution in [3.05, 3.63) is 58.1 Å². The Morgan fingerprint density at radius 1 is 1.26 bits per heavy atom. The summed E-state index contributed by atoms with van der Waals surface area (Å²) < 4.78 is 19.2. The van der Waals surface area contributed by atoms with Gasteiger partial charge >= 0.3 is 0 Å². The van der Waals surface area contributed by atoms with Crippen LogP contribution < -0.4 is 10.1 Å². The molecule has 1 aromatic carbocycles. The molecule has 0 atom stereocenters. The lowest BCUT2D eigenvalue weighted by atomic mass is 10.3. The maximum Gasteiger partial charge on any atom is 0.134 e. The maximum absolute atomic E-state index is 12.9. The summed E-state index contributed by atoms with van der Waals surface area (Å²) in [5, 5.41) is 3.05. The molecule has 1 heterocycles. The lowest BCUT2D eigenvalue weighted by Crippen LogP contribution is -2.08. The molecule has 2 aromatic rings. The van der Waals surface area contributed by atoms with E-state index >= 15 is 0 Å². The van der Waals surface area contributed by atoms with Gasteiger partial charge in [-0.2, -0.15) is 0 Å². The second-order valence-corrected chi connectivity index (χ2v) is 4.87. The molecule has 100 valence electrons. The lowest BCUT2D eigenvalue weighted by Gasteiger charge is -2.08. The number of nitrogens with zero attached hydrogens (tertiary/aromatic N) is 1. The van der Waals surface area contributed by atoms with Crippen LogP contribution in [0.2, 0.25) is 0 Å². The third kappa shape index (κ3) is 4.01. The zero-order valence-electron chi connectivity index (χ0n) is 10.5. The number of pyridine rings is 1. The maximum atomic E-state index is 12.9. The molecule has 19 heavy (non-hydrogen) atoms. The van der Waals surface area contributed by atoms with Gasteiger partial charge in [-0.25, -0.2) is 4.39 Å². The van der Waals surface area contributed by atoms with Crippen molar-refractivity contribution in [2.24, 2.45) is 0 Å². The Labute approximate surface area is 119 Å². The molecule has 0 saturated carbocycles. The predicted molar refractivity (Wildman–Crippen MR) is 75.4 cm³/mol. The van der Waals surface area contributed by atoms with Crippen molar-refractivity contribution in [3.8, 4) is 5.75 Å². The number of nitrogens with one attached hydrogen (secondary N) is 1. The molecule has 0 aliphatic rings. The SMILES string of the molecule is CNCc1cccc(COc2ccc(F)cc2Br)n1. The Hall–Kier alpha value is -1.46. The number of hydrogen-bond donors (Lipinski definition) is 1. The topological polar surface area (TPSA) is 34.1 Å². The monoisotopic (exact) mass is 324 g/mol. The average Bonchev–Trinajstić information content (AvgIpc) is 2.38. The Morgan fingerprint density at radius 2 is 2.05 bits per heavy atom. The van der Waals surface area contributed by atoms with Crippen LogP contribution in [-0.2, 0) is 13.2 Å². The van der Waals surface area contributed by atoms with E-state index in [9.17, 15) is 4.39 Å². The van der Waals surface area contributed by atoms with Gasteiger partial charge in [0.25, 0.3) is 0 Å². The normalized spacial score (nSPS) is 10.5. The molecule has 3 nitrogen and oxygen atoms in total. The first-order valence-electron chi connectivity index (χ1n) is 5.86. The van der Waals surface area contributed by atoms with E-state index in [2.05, 4.69) is 26.2 Å². The predicted octanol–water partition coefficient (Wildman–Crippen LogP) is 3.28. The Kier molecular flexibility index (Phi) is 4.87. The van der Waals surface area contributed by atoms with Gasteiger partial charge in [-0.15, -0.1) is 0 Å². The number of rotatable bonds is 5. The molecule has 1 N–H and O–H groups in total. The molecule has 1 aromatic heterocycles. The Morgan fingerprint density at radius 3 is 2.79 bits per heavy atom. The molecule has 0 bridgehead atoms. The molecule has 0 unspecified atom stereocenters. The van der Waals surface area contributed by atoms with Crippen molar-refractivity contribution in [2.75, 3.05) is 7.05 Å². The number of halogens is 2. The highest BCUT2D eigenvalue weighted by Crippen LogP contribution is 2.26. The summed E-state index contributed by atoms with van der Waals surface area (Å²) in [6.45, 7) is 1.07. The summed E-state index contributed by atoms with van der Waals surface area (Å²) in [5.74, 6) is 0.301. The molecule has 0 spiro atoms. The van der Waals surface area contributed by atoms with Crippen LogP contribution in [0.15, 0.2) is 40.9 Å². The van der Waals surface area contributed by atoms with Crippen molar-refractivity contribution < 1.29 is 9.13 Å². The standard InChI is InChI=1S/C14H14BrFN2O/c1-17-8-11-3-2-4-12(18-11)9-19-14-6-5-10(16)7-13(14)15/h2-7,17H,8-9H2,1H3. The number of ether oxygens (including phenoxy) is 1. The quantitative estimate of drug-likeness (QED) is 0.916. The number of aromatic nitrogens is 1. The zero-order valence-corrected chi connectivity index (χ0v) is 12.1. The first-order chi connectivity index (χ1) is 9.19. The van der Waals surface area contributed by atoms with Gasteiger partial charge in [0.1, 0.15) is 18.2 Å². The van der Waals surface area contributed by atoms with Gasteiger partial charge < -0.3 is 10.1 Å². The first kappa shape index (κ1) is 14.0. The summed E-state index contributed by atoms with van der Waals surface area (Å²) in [7, 11) is 1.88. The first-order valence-corrected chi connectivity index (χ1v) is 6.65. The summed E-state index contributed by atoms with van der Waals surface area (Å²) >= 11 is 3.26. The van der Waals surface area contributed by atoms with Crippen molar-refractivity contribution >= 4 is 15.9 Å². The van der Waals surface area contributed by atoms with Crippen molar-refractivity contribution in [3.63, 3.8) is 0 Å². The molecule has 2 rings (SSSR count). The van der Waals surface area contributed by atoms with E-state index in [4.69, 9.17) is 4.74 Å². The zero-order chi connectivity index (χ0) is 13.7. The summed E-state index contributed by atoms with van der Waals surface area (Å²) in [4.78, 5) is 4.45. The smallest absolute Gasteiger partial charge is 0.134 e. The van der Waals surface area contributed by atoms with Crippen molar-refractivity contribution in [1.29, 1.82) is 0 Å². The van der Waals surface area contributed by atoms with Crippen molar-refractivity contribution in [2.45, 2.75) is 13.2 Å². The van der Waals surface area contributed by atoms with Crippen LogP contribution in [0.4, 0.5) is 4.39 Å². The molecular weight excluding hydrogens is 311 g/mol. The van der Waals surface area contributed by atoms with Crippen LogP contribution in [0.1, 0.15) is 11.4 Å². The highest BCUT2D eigenvalue weighted by atomic mass is 79.9. The second kappa shape index (κ2) is 6.63. The van der Waals surface area contributed by atoms with E-state index in [-0.39, 0.29) is 5.82 Å². The van der Waals surface area contributed by atoms with Crippen LogP contribution in [0.3, 0.4) is 0 Å². The third-order valence-electron chi connectivity index (χ3n) is 2.49. The van der Waals surface area contributed by atoms with Gasteiger partial charge in [-0.1, -0.05) is 6.07 Å². The van der Waals surface area contributed by atoms with Gasteiger partial charge in [0.05, 0.1) is 15.9 Å². The molecule has 0 radical (unpaired) electrons. The van der Waals surface area contributed by atoms with Gasteiger partial charge in [0, 0.05) is 6.54 Å². The third-order valence-corrected chi connectivity index (χ3v) is 3.11. The van der Waals surface area contributed by atoms with E-state index in [1.807, 2.05) is 25.2 Å². The van der Waals surface area contributed by atoms with E-state index < -0.39 is 0 Å². The van der Waals surface area contributed by atoms with Crippen LogP contribution in [0.25, 0.3) is 0 Å². The van der Waals surface area contributed by atoms with E-state index in [0.29, 0.717) is 23.4 Å². The van der Waals surface area contributed by atoms with Crippen molar-refractivity contribution in [1.82, 2.24) is 10.3 Å². The number of benzene rings is 1. The minimum atomic E-state index is -0.298. The Bertz CT molecular complexity index is 563. The molecule has 0 amide bonds. The van der Waals surface area contributed by atoms with Gasteiger partial charge in [-0.05, 0) is 53.3 Å². The minimum Gasteiger partial charge on any atom is -0.486 e. The fraction of sp³-hybridized carbons (Fsp3) is 0.214. The lowest BCUT2D eigenvalue weighted by molar-refractivity contribution is 0.298. The van der Waals surface area contributed by atoms with Gasteiger partial charge in [0.15, 0.2) is 0 Å². The fourth-order valence-corrected chi connectivity index (χ4v) is 2.10. The van der Waals surface area contributed by atoms with Crippen LogP contribution in [0.5, 0.6) is 5.75 Å². The van der Waals surface area contributed by atoms with Crippen LogP contribution >= 0.6 is 15.9 Å². The summed E-state index contributed by atoms with van der Waals surface area (Å²) in [6.07, 6.45) is 0. The average molecular weight is 325 g/mol. The second-order valence-electron chi connectivity index (χ2n) is 4.01. The number of hydrogen-bond acceptors (Lipinski definition) is 3. The van der Waals surface area contributed by atoms with Gasteiger partial charge in [-0.3, -0.25) is 4.98 Å². The molecule has 5 heteroatoms. The van der Waals surface area contributed by atoms with E-state index in [1.54, 1.807) is 6.07 Å². The molecule has 0 fully saturated rings. The minimum absolute atomic E-state index is 0.298. The van der Waals surface area contributed by atoms with E-state index in [0.717, 1.165) is 11.4 Å². The van der Waals surface area contributed by atoms with Crippen LogP contribution in [-0.4, -0.2) is 12.0 Å². The molecule has 0 aliphatic carbocycles. The van der Waals surface area contributed by atoms with Crippen LogP contribution in [0, 0.1) is 5.82 Å². The molecular formula is C14H14BrFN2O. The highest BCUT2D eigenvalue weighted by molar-refractivity contribution is 9.10. The molecule has 0 saturated heterocycles. The largest absolute Gasteiger partial charge is 0.486 e. The summed E-state index contributed by atoms with van der Waals surface area (Å²) in [5.41, 5.74) is 1.80.